The monoisotopic (exact) mass is 1310 g/mol. The lowest BCUT2D eigenvalue weighted by Gasteiger charge is -2.32. The van der Waals surface area contributed by atoms with Gasteiger partial charge in [0.15, 0.2) is 0 Å². The fourth-order valence-corrected chi connectivity index (χ4v) is 12.2. The molecule has 3 saturated carbocycles. The fraction of sp³-hybridized carbons (Fsp3) is 0.632. The summed E-state index contributed by atoms with van der Waals surface area (Å²) in [6.45, 7) is 32.9. The molecular formula is C76H108O18. The van der Waals surface area contributed by atoms with E-state index in [0.717, 1.165) is 130 Å². The average Bonchev–Trinajstić information content (AvgIpc) is 0.767. The smallest absolute Gasteiger partial charge is 0.493 e. The second kappa shape index (κ2) is 35.5. The third kappa shape index (κ3) is 24.5. The summed E-state index contributed by atoms with van der Waals surface area (Å²) in [5.41, 5.74) is 2.66. The van der Waals surface area contributed by atoms with E-state index in [1.54, 1.807) is 108 Å². The Kier molecular flexibility index (Phi) is 28.6. The first-order chi connectivity index (χ1) is 44.4. The molecule has 0 heterocycles. The van der Waals surface area contributed by atoms with E-state index in [1.165, 1.54) is 0 Å². The predicted octanol–water partition coefficient (Wildman–Crippen LogP) is 18.8. The Hall–Kier alpha value is -7.24. The average molecular weight is 1310 g/mol. The van der Waals surface area contributed by atoms with Crippen LogP contribution in [0.25, 0.3) is 0 Å². The van der Waals surface area contributed by atoms with Crippen molar-refractivity contribution < 1.29 is 85.6 Å². The van der Waals surface area contributed by atoms with Gasteiger partial charge in [0.2, 0.25) is 0 Å². The van der Waals surface area contributed by atoms with Gasteiger partial charge in [-0.2, -0.15) is 0 Å². The van der Waals surface area contributed by atoms with E-state index < -0.39 is 59.0 Å². The van der Waals surface area contributed by atoms with E-state index in [-0.39, 0.29) is 105 Å². The molecule has 18 nitrogen and oxygen atoms in total. The lowest BCUT2D eigenvalue weighted by atomic mass is 9.75. The van der Waals surface area contributed by atoms with Crippen LogP contribution in [0.4, 0.5) is 14.4 Å². The van der Waals surface area contributed by atoms with Gasteiger partial charge in [-0.1, -0.05) is 91.7 Å². The Bertz CT molecular complexity index is 2930. The molecule has 3 aliphatic rings. The van der Waals surface area contributed by atoms with Crippen LogP contribution < -0.4 is 28.4 Å². The van der Waals surface area contributed by atoms with E-state index in [9.17, 15) is 28.8 Å². The molecule has 1 unspecified atom stereocenters. The molecule has 3 aromatic carbocycles. The molecule has 3 aliphatic carbocycles. The van der Waals surface area contributed by atoms with Gasteiger partial charge < -0.3 is 56.8 Å². The molecule has 0 spiro atoms. The number of rotatable bonds is 29. The zero-order valence-electron chi connectivity index (χ0n) is 58.9. The molecule has 0 aliphatic heterocycles. The maximum absolute atomic E-state index is 14.0. The summed E-state index contributed by atoms with van der Waals surface area (Å²) in [6.07, 6.45) is 12.7. The Morgan fingerprint density at radius 3 is 1.01 bits per heavy atom. The minimum absolute atomic E-state index is 0.0333. The number of carbonyl (C=O) groups is 6. The van der Waals surface area contributed by atoms with Crippen molar-refractivity contribution in [3.63, 3.8) is 0 Å². The molecule has 6 rings (SSSR count). The lowest BCUT2D eigenvalue weighted by Crippen LogP contribution is -2.26. The van der Waals surface area contributed by atoms with Crippen LogP contribution in [0.2, 0.25) is 0 Å². The molecule has 0 saturated heterocycles. The molecule has 0 aromatic heterocycles. The highest BCUT2D eigenvalue weighted by Gasteiger charge is 2.36. The first kappa shape index (κ1) is 75.8. The lowest BCUT2D eigenvalue weighted by molar-refractivity contribution is -0.147. The van der Waals surface area contributed by atoms with Crippen LogP contribution in [0.5, 0.6) is 34.5 Å². The van der Waals surface area contributed by atoms with Crippen LogP contribution in [-0.4, -0.2) is 92.8 Å². The summed E-state index contributed by atoms with van der Waals surface area (Å²) in [6, 6.07) is 11.7. The molecule has 1 atom stereocenters. The van der Waals surface area contributed by atoms with E-state index in [4.69, 9.17) is 56.8 Å². The van der Waals surface area contributed by atoms with Gasteiger partial charge in [0.1, 0.15) is 51.3 Å². The predicted molar refractivity (Wildman–Crippen MR) is 360 cm³/mol. The van der Waals surface area contributed by atoms with Crippen LogP contribution in [0.3, 0.4) is 0 Å². The molecular weight excluding hydrogens is 1200 g/mol. The van der Waals surface area contributed by atoms with Crippen molar-refractivity contribution in [3.8, 4) is 34.5 Å². The summed E-state index contributed by atoms with van der Waals surface area (Å²) < 4.78 is 73.7. The van der Waals surface area contributed by atoms with E-state index in [1.807, 2.05) is 0 Å². The van der Waals surface area contributed by atoms with Gasteiger partial charge in [-0.15, -0.1) is 0 Å². The van der Waals surface area contributed by atoms with Crippen LogP contribution in [0.1, 0.15) is 282 Å². The van der Waals surface area contributed by atoms with Gasteiger partial charge in [0, 0.05) is 65.7 Å². The number of benzene rings is 3. The molecule has 0 bridgehead atoms. The number of ether oxygens (including phenoxy) is 12. The fourth-order valence-electron chi connectivity index (χ4n) is 12.2. The number of hydrogen-bond acceptors (Lipinski definition) is 18. The van der Waals surface area contributed by atoms with Crippen LogP contribution in [0, 0.1) is 5.92 Å². The zero-order valence-corrected chi connectivity index (χ0v) is 58.9. The van der Waals surface area contributed by atoms with Crippen molar-refractivity contribution >= 4 is 36.4 Å². The number of hydrogen-bond donors (Lipinski definition) is 0. The first-order valence-electron chi connectivity index (χ1n) is 34.3. The molecule has 94 heavy (non-hydrogen) atoms. The van der Waals surface area contributed by atoms with Crippen LogP contribution in [-0.2, 0) is 42.8 Å². The molecule has 520 valence electrons. The highest BCUT2D eigenvalue weighted by atomic mass is 16.7. The normalized spacial score (nSPS) is 15.5. The minimum Gasteiger partial charge on any atom is -0.493 e. The molecule has 3 aromatic rings. The summed E-state index contributed by atoms with van der Waals surface area (Å²) in [5.74, 6) is -0.638. The molecule has 0 N–H and O–H groups in total. The van der Waals surface area contributed by atoms with Crippen LogP contribution in [0.15, 0.2) is 60.7 Å². The summed E-state index contributed by atoms with van der Waals surface area (Å²) >= 11 is 0. The van der Waals surface area contributed by atoms with Crippen LogP contribution >= 0.6 is 0 Å². The topological polar surface area (TPSA) is 213 Å². The highest BCUT2D eigenvalue weighted by Crippen LogP contribution is 2.52. The van der Waals surface area contributed by atoms with E-state index >= 15 is 0 Å². The van der Waals surface area contributed by atoms with E-state index in [0.29, 0.717) is 35.8 Å². The Balaban J connectivity index is 1.69. The summed E-state index contributed by atoms with van der Waals surface area (Å²) in [5, 5.41) is 0. The van der Waals surface area contributed by atoms with Gasteiger partial charge >= 0.3 is 36.4 Å². The third-order valence-corrected chi connectivity index (χ3v) is 16.7. The maximum atomic E-state index is 14.0. The van der Waals surface area contributed by atoms with Gasteiger partial charge in [0.05, 0.1) is 45.6 Å². The third-order valence-electron chi connectivity index (χ3n) is 16.7. The van der Waals surface area contributed by atoms with Crippen molar-refractivity contribution in [2.45, 2.75) is 265 Å². The number of esters is 3. The highest BCUT2D eigenvalue weighted by molar-refractivity contribution is 5.87. The van der Waals surface area contributed by atoms with Gasteiger partial charge in [0.25, 0.3) is 0 Å². The first-order valence-corrected chi connectivity index (χ1v) is 34.3. The van der Waals surface area contributed by atoms with Crippen molar-refractivity contribution in [3.05, 3.63) is 94.1 Å². The number of carbonyl (C=O) groups excluding carboxylic acids is 6. The van der Waals surface area contributed by atoms with Crippen molar-refractivity contribution in [1.29, 1.82) is 0 Å². The quantitative estimate of drug-likeness (QED) is 0.0208. The molecule has 3 fully saturated rings. The minimum atomic E-state index is -0.874. The largest absolute Gasteiger partial charge is 0.514 e. The van der Waals surface area contributed by atoms with Crippen molar-refractivity contribution in [1.82, 2.24) is 0 Å². The Labute approximate surface area is 559 Å². The zero-order chi connectivity index (χ0) is 68.9. The Morgan fingerprint density at radius 2 is 0.713 bits per heavy atom. The Morgan fingerprint density at radius 1 is 0.415 bits per heavy atom. The second-order valence-electron chi connectivity index (χ2n) is 28.9. The maximum Gasteiger partial charge on any atom is 0.514 e. The SMILES string of the molecule is C=C(C)C(=O)OCCCOc1cc(OC(=O)OC(C)(C)C)c(C2CCCCC2)cc1C(CC(C)c1cc(C2CCCCC2)c(OC(=O)OC(C)(C)C)cc1OCCCOC(=O)C(C)C)c1cc(C2CCCCC2)c(OC(=O)OC(C)(C)C)cc1OCCCOC(=O)C(=C)C. The van der Waals surface area contributed by atoms with Gasteiger partial charge in [-0.05, 0) is 185 Å². The summed E-state index contributed by atoms with van der Waals surface area (Å²) in [4.78, 5) is 79.6. The molecule has 0 radical (unpaired) electrons. The van der Waals surface area contributed by atoms with E-state index in [2.05, 4.69) is 38.3 Å². The van der Waals surface area contributed by atoms with Crippen molar-refractivity contribution in [2.24, 2.45) is 5.92 Å². The summed E-state index contributed by atoms with van der Waals surface area (Å²) in [7, 11) is 0. The second-order valence-corrected chi connectivity index (χ2v) is 28.9. The van der Waals surface area contributed by atoms with Gasteiger partial charge in [-0.3, -0.25) is 4.79 Å². The van der Waals surface area contributed by atoms with Crippen molar-refractivity contribution in [2.75, 3.05) is 39.6 Å². The molecule has 0 amide bonds. The van der Waals surface area contributed by atoms with Gasteiger partial charge in [-0.25, -0.2) is 24.0 Å². The molecule has 18 heteroatoms. The standard InChI is InChI=1S/C76H108O18/c1-48(2)68(77)86-38-26-35-83-62-45-65(89-71(80)92-74(8,9)10)56(52-29-20-17-21-30-52)42-55(62)51(7)41-59(60-43-57(53-31-22-18-23-32-53)66(90-72(81)93-75(11,12)13)46-63(60)84-36-27-39-87-69(78)49(3)4)61-44-58(54-33-24-19-25-34-54)67(91-73(82)94-76(14,15)16)47-64(61)85-37-28-40-88-70(79)50(5)6/h42-48,51-54,59H,3,5,17-41H2,1-2,4,6-16H3.